The van der Waals surface area contributed by atoms with Crippen molar-refractivity contribution in [2.24, 2.45) is 10.7 Å². The number of hydrogen-bond acceptors (Lipinski definition) is 3. The van der Waals surface area contributed by atoms with Crippen molar-refractivity contribution >= 4 is 41.7 Å². The molecule has 112 valence electrons. The van der Waals surface area contributed by atoms with Gasteiger partial charge in [-0.15, -0.1) is 24.0 Å². The molecule has 0 aromatic carbocycles. The fourth-order valence-corrected chi connectivity index (χ4v) is 2.76. The van der Waals surface area contributed by atoms with Gasteiger partial charge in [0.15, 0.2) is 5.96 Å². The maximum absolute atomic E-state index is 5.86. The molecule has 0 saturated carbocycles. The zero-order chi connectivity index (χ0) is 13.6. The number of aliphatic imine (C=N–C) groups is 1. The SMILES string of the molecule is C=C(C)CNC(N)=NCC1(SC)CCN(C)CC1.I. The Bertz CT molecular complexity index is 312. The lowest BCUT2D eigenvalue weighted by Crippen LogP contribution is -2.43. The van der Waals surface area contributed by atoms with Gasteiger partial charge in [0.2, 0.25) is 0 Å². The Balaban J connectivity index is 0.00000324. The smallest absolute Gasteiger partial charge is 0.188 e. The third-order valence-corrected chi connectivity index (χ3v) is 4.84. The molecule has 1 aliphatic rings. The quantitative estimate of drug-likeness (QED) is 0.322. The Morgan fingerprint density at radius 2 is 2.05 bits per heavy atom. The predicted octanol–water partition coefficient (Wildman–Crippen LogP) is 1.91. The van der Waals surface area contributed by atoms with Crippen LogP contribution in [0, 0.1) is 0 Å². The Hall–Kier alpha value is 0.0500. The van der Waals surface area contributed by atoms with E-state index in [-0.39, 0.29) is 28.7 Å². The molecule has 0 aromatic rings. The van der Waals surface area contributed by atoms with E-state index in [2.05, 4.69) is 35.1 Å². The van der Waals surface area contributed by atoms with Crippen LogP contribution in [0.25, 0.3) is 0 Å². The molecule has 0 aliphatic carbocycles. The van der Waals surface area contributed by atoms with Gasteiger partial charge < -0.3 is 16.0 Å². The molecule has 1 rings (SSSR count). The lowest BCUT2D eigenvalue weighted by molar-refractivity contribution is 0.242. The van der Waals surface area contributed by atoms with Crippen molar-refractivity contribution in [2.45, 2.75) is 24.5 Å². The summed E-state index contributed by atoms with van der Waals surface area (Å²) in [7, 11) is 2.18. The van der Waals surface area contributed by atoms with Crippen LogP contribution in [0.2, 0.25) is 0 Å². The Labute approximate surface area is 138 Å². The summed E-state index contributed by atoms with van der Waals surface area (Å²) in [4.78, 5) is 6.87. The number of halogens is 1. The molecule has 1 fully saturated rings. The molecular weight excluding hydrogens is 371 g/mol. The zero-order valence-electron chi connectivity index (χ0n) is 12.2. The second-order valence-corrected chi connectivity index (χ2v) is 6.48. The van der Waals surface area contributed by atoms with E-state index in [9.17, 15) is 0 Å². The average molecular weight is 398 g/mol. The first-order valence-electron chi connectivity index (χ1n) is 6.39. The van der Waals surface area contributed by atoms with Gasteiger partial charge in [0.25, 0.3) is 0 Å². The lowest BCUT2D eigenvalue weighted by Gasteiger charge is -2.38. The highest BCUT2D eigenvalue weighted by molar-refractivity contribution is 14.0. The molecular formula is C13H27IN4S. The van der Waals surface area contributed by atoms with Crippen LogP contribution in [-0.2, 0) is 0 Å². The minimum atomic E-state index is 0. The molecule has 1 aliphatic heterocycles. The van der Waals surface area contributed by atoms with Gasteiger partial charge in [0, 0.05) is 11.3 Å². The molecule has 0 bridgehead atoms. The second kappa shape index (κ2) is 9.07. The number of piperidine rings is 1. The summed E-state index contributed by atoms with van der Waals surface area (Å²) in [5, 5.41) is 3.08. The van der Waals surface area contributed by atoms with E-state index >= 15 is 0 Å². The number of likely N-dealkylation sites (tertiary alicyclic amines) is 1. The number of nitrogens with one attached hydrogen (secondary N) is 1. The topological polar surface area (TPSA) is 53.6 Å². The van der Waals surface area contributed by atoms with Crippen LogP contribution in [0.4, 0.5) is 0 Å². The first-order valence-corrected chi connectivity index (χ1v) is 7.62. The molecule has 0 atom stereocenters. The predicted molar refractivity (Wildman–Crippen MR) is 97.7 cm³/mol. The first-order chi connectivity index (χ1) is 8.47. The number of thioether (sulfide) groups is 1. The summed E-state index contributed by atoms with van der Waals surface area (Å²) in [5.41, 5.74) is 6.92. The van der Waals surface area contributed by atoms with Crippen molar-refractivity contribution in [1.29, 1.82) is 0 Å². The molecule has 1 saturated heterocycles. The number of nitrogens with zero attached hydrogens (tertiary/aromatic N) is 2. The van der Waals surface area contributed by atoms with Crippen LogP contribution in [-0.4, -0.2) is 55.1 Å². The van der Waals surface area contributed by atoms with Gasteiger partial charge in [-0.3, -0.25) is 4.99 Å². The largest absolute Gasteiger partial charge is 0.370 e. The van der Waals surface area contributed by atoms with Gasteiger partial charge in [0.05, 0.1) is 6.54 Å². The number of hydrogen-bond donors (Lipinski definition) is 2. The first kappa shape index (κ1) is 19.1. The summed E-state index contributed by atoms with van der Waals surface area (Å²) < 4.78 is 0.266. The van der Waals surface area contributed by atoms with Gasteiger partial charge in [-0.2, -0.15) is 11.8 Å². The van der Waals surface area contributed by atoms with Gasteiger partial charge >= 0.3 is 0 Å². The van der Waals surface area contributed by atoms with E-state index in [1.807, 2.05) is 18.7 Å². The average Bonchev–Trinajstić information content (AvgIpc) is 2.36. The monoisotopic (exact) mass is 398 g/mol. The summed E-state index contributed by atoms with van der Waals surface area (Å²) in [6.45, 7) is 9.60. The number of guanidine groups is 1. The lowest BCUT2D eigenvalue weighted by atomic mass is 9.96. The van der Waals surface area contributed by atoms with Crippen LogP contribution in [0.15, 0.2) is 17.1 Å². The van der Waals surface area contributed by atoms with Crippen LogP contribution in [0.3, 0.4) is 0 Å². The van der Waals surface area contributed by atoms with Gasteiger partial charge in [-0.25, -0.2) is 0 Å². The normalized spacial score (nSPS) is 19.6. The minimum absolute atomic E-state index is 0. The van der Waals surface area contributed by atoms with Crippen molar-refractivity contribution < 1.29 is 0 Å². The van der Waals surface area contributed by atoms with Crippen LogP contribution >= 0.6 is 35.7 Å². The Morgan fingerprint density at radius 3 is 2.53 bits per heavy atom. The summed E-state index contributed by atoms with van der Waals surface area (Å²) in [5.74, 6) is 0.533. The van der Waals surface area contributed by atoms with Gasteiger partial charge in [0.1, 0.15) is 0 Å². The van der Waals surface area contributed by atoms with Crippen LogP contribution in [0.1, 0.15) is 19.8 Å². The standard InChI is InChI=1S/C13H26N4S.HI/c1-11(2)9-15-12(14)16-10-13(18-4)5-7-17(3)8-6-13;/h1,5-10H2,2-4H3,(H3,14,15,16);1H. The van der Waals surface area contributed by atoms with Crippen molar-refractivity contribution in [2.75, 3.05) is 39.5 Å². The number of rotatable bonds is 5. The molecule has 0 unspecified atom stereocenters. The molecule has 0 aromatic heterocycles. The number of nitrogens with two attached hydrogens (primary N) is 1. The maximum Gasteiger partial charge on any atom is 0.188 e. The highest BCUT2D eigenvalue weighted by Gasteiger charge is 2.32. The maximum atomic E-state index is 5.86. The van der Waals surface area contributed by atoms with E-state index in [1.165, 1.54) is 12.8 Å². The fourth-order valence-electron chi connectivity index (χ4n) is 1.98. The summed E-state index contributed by atoms with van der Waals surface area (Å²) in [6, 6.07) is 0. The third kappa shape index (κ3) is 6.85. The summed E-state index contributed by atoms with van der Waals surface area (Å²) >= 11 is 1.93. The van der Waals surface area contributed by atoms with E-state index in [0.717, 1.165) is 25.2 Å². The van der Waals surface area contributed by atoms with E-state index in [0.29, 0.717) is 12.5 Å². The van der Waals surface area contributed by atoms with E-state index < -0.39 is 0 Å². The minimum Gasteiger partial charge on any atom is -0.370 e. The van der Waals surface area contributed by atoms with Crippen molar-refractivity contribution in [3.8, 4) is 0 Å². The van der Waals surface area contributed by atoms with E-state index in [4.69, 9.17) is 5.73 Å². The van der Waals surface area contributed by atoms with Crippen LogP contribution < -0.4 is 11.1 Å². The van der Waals surface area contributed by atoms with Crippen LogP contribution in [0.5, 0.6) is 0 Å². The highest BCUT2D eigenvalue weighted by Crippen LogP contribution is 2.34. The fraction of sp³-hybridized carbons (Fsp3) is 0.769. The molecule has 3 N–H and O–H groups in total. The third-order valence-electron chi connectivity index (χ3n) is 3.44. The molecule has 0 radical (unpaired) electrons. The Morgan fingerprint density at radius 1 is 1.47 bits per heavy atom. The second-order valence-electron chi connectivity index (χ2n) is 5.20. The molecule has 6 heteroatoms. The molecule has 1 heterocycles. The molecule has 4 nitrogen and oxygen atoms in total. The van der Waals surface area contributed by atoms with Gasteiger partial charge in [-0.1, -0.05) is 12.2 Å². The Kier molecular flexibility index (Phi) is 9.10. The zero-order valence-corrected chi connectivity index (χ0v) is 15.4. The van der Waals surface area contributed by atoms with Crippen molar-refractivity contribution in [1.82, 2.24) is 10.2 Å². The summed E-state index contributed by atoms with van der Waals surface area (Å²) in [6.07, 6.45) is 4.54. The molecule has 0 spiro atoms. The van der Waals surface area contributed by atoms with Gasteiger partial charge in [-0.05, 0) is 46.2 Å². The van der Waals surface area contributed by atoms with Crippen molar-refractivity contribution in [3.05, 3.63) is 12.2 Å². The highest BCUT2D eigenvalue weighted by atomic mass is 127. The molecule has 0 amide bonds. The van der Waals surface area contributed by atoms with Crippen molar-refractivity contribution in [3.63, 3.8) is 0 Å². The van der Waals surface area contributed by atoms with E-state index in [1.54, 1.807) is 0 Å². The molecule has 19 heavy (non-hydrogen) atoms.